The van der Waals surface area contributed by atoms with Crippen molar-refractivity contribution in [2.75, 3.05) is 46.1 Å². The van der Waals surface area contributed by atoms with E-state index in [9.17, 15) is 5.11 Å². The summed E-state index contributed by atoms with van der Waals surface area (Å²) in [4.78, 5) is 8.72. The third-order valence-electron chi connectivity index (χ3n) is 12.0. The van der Waals surface area contributed by atoms with Crippen LogP contribution in [0.4, 0.5) is 0 Å². The minimum absolute atomic E-state index is 0.0500. The lowest BCUT2D eigenvalue weighted by atomic mass is 9.43. The first-order valence-corrected chi connectivity index (χ1v) is 16.3. The normalized spacial score (nSPS) is 38.8. The summed E-state index contributed by atoms with van der Waals surface area (Å²) in [7, 11) is 0. The number of rotatable bonds is 16. The molecule has 43 heavy (non-hydrogen) atoms. The maximum absolute atomic E-state index is 9.57. The smallest absolute Gasteiger partial charge is 0.0637 e. The number of fused-ring (bicyclic) bond motifs is 5. The molecule has 4 rings (SSSR count). The van der Waals surface area contributed by atoms with Crippen molar-refractivity contribution in [2.45, 2.75) is 96.9 Å². The number of azide groups is 3. The van der Waals surface area contributed by atoms with Gasteiger partial charge in [-0.25, -0.2) is 0 Å². The van der Waals surface area contributed by atoms with Gasteiger partial charge in [-0.2, -0.15) is 0 Å². The van der Waals surface area contributed by atoms with Crippen molar-refractivity contribution in [3.05, 3.63) is 31.3 Å². The zero-order valence-electron chi connectivity index (χ0n) is 26.2. The molecule has 0 radical (unpaired) electrons. The summed E-state index contributed by atoms with van der Waals surface area (Å²) in [5.74, 6) is 2.59. The molecule has 13 nitrogen and oxygen atoms in total. The molecule has 0 amide bonds. The fourth-order valence-corrected chi connectivity index (χ4v) is 10.1. The summed E-state index contributed by atoms with van der Waals surface area (Å²) < 4.78 is 19.6. The Morgan fingerprint density at radius 3 is 2.14 bits per heavy atom. The molecule has 0 saturated heterocycles. The van der Waals surface area contributed by atoms with Crippen LogP contribution in [0.5, 0.6) is 0 Å². The van der Waals surface area contributed by atoms with Crippen LogP contribution in [0.2, 0.25) is 0 Å². The van der Waals surface area contributed by atoms with Crippen LogP contribution in [-0.2, 0) is 14.2 Å². The minimum Gasteiger partial charge on any atom is -0.396 e. The van der Waals surface area contributed by atoms with Crippen LogP contribution in [0.25, 0.3) is 31.3 Å². The molecular formula is C30H51N9O4. The first-order valence-electron chi connectivity index (χ1n) is 16.3. The third-order valence-corrected chi connectivity index (χ3v) is 12.0. The molecule has 4 aliphatic carbocycles. The monoisotopic (exact) mass is 601 g/mol. The van der Waals surface area contributed by atoms with Crippen molar-refractivity contribution in [3.63, 3.8) is 0 Å². The standard InChI is InChI=1S/C30H51N9O4/c1-20(5-4-13-40)23-6-7-24-28-25(19-27(30(23,24)3)43-16-12-36-39-33)29(2)9-8-22(41-14-10-34-37-31)17-21(29)18-26(28)42-15-11-35-38-32/h20-28,40H,4-19H2,1-3H3/t20-,21+,22?,23-,24+,25+,26-,27+,28+,29+,30-/m1/s1. The van der Waals surface area contributed by atoms with Gasteiger partial charge in [-0.3, -0.25) is 0 Å². The Hall–Kier alpha value is -2.23. The van der Waals surface area contributed by atoms with Gasteiger partial charge >= 0.3 is 0 Å². The summed E-state index contributed by atoms with van der Waals surface area (Å²) in [6.07, 6.45) is 9.25. The van der Waals surface area contributed by atoms with Crippen LogP contribution < -0.4 is 0 Å². The number of aliphatic hydroxyl groups is 1. The summed E-state index contributed by atoms with van der Waals surface area (Å²) in [5, 5.41) is 20.7. The highest BCUT2D eigenvalue weighted by Gasteiger charge is 2.66. The fourth-order valence-electron chi connectivity index (χ4n) is 10.1. The molecule has 11 atom stereocenters. The minimum atomic E-state index is -0.0520. The molecule has 13 heteroatoms. The van der Waals surface area contributed by atoms with E-state index < -0.39 is 0 Å². The van der Waals surface area contributed by atoms with E-state index in [1.54, 1.807) is 0 Å². The number of hydrogen-bond donors (Lipinski definition) is 1. The molecule has 4 saturated carbocycles. The van der Waals surface area contributed by atoms with E-state index in [4.69, 9.17) is 30.8 Å². The Morgan fingerprint density at radius 2 is 1.49 bits per heavy atom. The summed E-state index contributed by atoms with van der Waals surface area (Å²) in [5.41, 5.74) is 26.4. The molecule has 0 spiro atoms. The number of hydrogen-bond acceptors (Lipinski definition) is 7. The maximum Gasteiger partial charge on any atom is 0.0637 e. The van der Waals surface area contributed by atoms with Gasteiger partial charge in [-0.05, 0) is 115 Å². The van der Waals surface area contributed by atoms with Crippen LogP contribution in [0.1, 0.15) is 78.6 Å². The van der Waals surface area contributed by atoms with Crippen molar-refractivity contribution in [3.8, 4) is 0 Å². The average Bonchev–Trinajstić information content (AvgIpc) is 3.37. The lowest BCUT2D eigenvalue weighted by Crippen LogP contribution is -2.63. The van der Waals surface area contributed by atoms with Gasteiger partial charge in [0.25, 0.3) is 0 Å². The molecule has 1 N–H and O–H groups in total. The van der Waals surface area contributed by atoms with Crippen LogP contribution >= 0.6 is 0 Å². The van der Waals surface area contributed by atoms with E-state index in [2.05, 4.69) is 50.8 Å². The van der Waals surface area contributed by atoms with Crippen molar-refractivity contribution < 1.29 is 19.3 Å². The Bertz CT molecular complexity index is 1060. The van der Waals surface area contributed by atoms with Crippen LogP contribution in [0, 0.1) is 46.3 Å². The van der Waals surface area contributed by atoms with Gasteiger partial charge in [0, 0.05) is 46.4 Å². The molecule has 0 aliphatic heterocycles. The second kappa shape index (κ2) is 15.7. The van der Waals surface area contributed by atoms with Crippen molar-refractivity contribution in [1.82, 2.24) is 0 Å². The van der Waals surface area contributed by atoms with E-state index in [0.717, 1.165) is 57.8 Å². The van der Waals surface area contributed by atoms with Crippen molar-refractivity contribution >= 4 is 0 Å². The van der Waals surface area contributed by atoms with E-state index in [0.29, 0.717) is 75.0 Å². The largest absolute Gasteiger partial charge is 0.396 e. The van der Waals surface area contributed by atoms with E-state index in [-0.39, 0.29) is 35.7 Å². The van der Waals surface area contributed by atoms with Gasteiger partial charge in [0.05, 0.1) is 38.1 Å². The Morgan fingerprint density at radius 1 is 0.837 bits per heavy atom. The van der Waals surface area contributed by atoms with E-state index in [1.807, 2.05) is 0 Å². The first-order chi connectivity index (χ1) is 20.8. The van der Waals surface area contributed by atoms with Gasteiger partial charge in [-0.15, -0.1) is 0 Å². The van der Waals surface area contributed by atoms with Gasteiger partial charge in [0.1, 0.15) is 0 Å². The number of aliphatic hydroxyl groups excluding tert-OH is 1. The van der Waals surface area contributed by atoms with Gasteiger partial charge in [0.2, 0.25) is 0 Å². The van der Waals surface area contributed by atoms with Crippen LogP contribution in [-0.4, -0.2) is 69.5 Å². The molecule has 0 aromatic rings. The van der Waals surface area contributed by atoms with Crippen LogP contribution in [0.15, 0.2) is 15.3 Å². The second-order valence-corrected chi connectivity index (χ2v) is 13.8. The zero-order valence-corrected chi connectivity index (χ0v) is 26.2. The average molecular weight is 602 g/mol. The molecule has 0 bridgehead atoms. The predicted octanol–water partition coefficient (Wildman–Crippen LogP) is 7.36. The fraction of sp³-hybridized carbons (Fsp3) is 1.00. The Labute approximate surface area is 255 Å². The summed E-state index contributed by atoms with van der Waals surface area (Å²) >= 11 is 0. The van der Waals surface area contributed by atoms with Gasteiger partial charge < -0.3 is 19.3 Å². The van der Waals surface area contributed by atoms with E-state index in [1.165, 1.54) is 0 Å². The lowest BCUT2D eigenvalue weighted by Gasteiger charge is -2.64. The van der Waals surface area contributed by atoms with Crippen LogP contribution in [0.3, 0.4) is 0 Å². The number of nitrogens with zero attached hydrogens (tertiary/aromatic N) is 9. The topological polar surface area (TPSA) is 194 Å². The maximum atomic E-state index is 9.57. The zero-order chi connectivity index (χ0) is 30.9. The molecule has 4 aliphatic rings. The lowest BCUT2D eigenvalue weighted by molar-refractivity contribution is -0.226. The summed E-state index contributed by atoms with van der Waals surface area (Å²) in [6, 6.07) is 0. The van der Waals surface area contributed by atoms with E-state index >= 15 is 0 Å². The van der Waals surface area contributed by atoms with Crippen molar-refractivity contribution in [2.24, 2.45) is 61.7 Å². The highest BCUT2D eigenvalue weighted by atomic mass is 16.5. The summed E-state index contributed by atoms with van der Waals surface area (Å²) in [6.45, 7) is 9.75. The van der Waals surface area contributed by atoms with Gasteiger partial charge in [0.15, 0.2) is 0 Å². The first kappa shape index (κ1) is 33.7. The number of ether oxygens (including phenoxy) is 3. The molecule has 0 heterocycles. The van der Waals surface area contributed by atoms with Crippen molar-refractivity contribution in [1.29, 1.82) is 0 Å². The highest BCUT2D eigenvalue weighted by Crippen LogP contribution is 2.69. The Balaban J connectivity index is 1.65. The highest BCUT2D eigenvalue weighted by molar-refractivity contribution is 5.15. The Kier molecular flexibility index (Phi) is 12.3. The molecular weight excluding hydrogens is 550 g/mol. The predicted molar refractivity (Wildman–Crippen MR) is 163 cm³/mol. The molecule has 240 valence electrons. The molecule has 0 aromatic carbocycles. The van der Waals surface area contributed by atoms with Gasteiger partial charge in [-0.1, -0.05) is 36.1 Å². The second-order valence-electron chi connectivity index (χ2n) is 13.8. The SMILES string of the molecule is C[C@H](CCCO)[C@H]1CC[C@H]2[C@@H]3[C@H](OCCN=[N+]=[N-])C[C@@H]4CC(OCCN=[N+]=[N-])CC[C@]4(C)[C@H]3C[C@H](OCCN=[N+]=[N-])[C@]12C. The molecule has 1 unspecified atom stereocenters. The quantitative estimate of drug-likeness (QED) is 0.0835. The molecule has 0 aromatic heterocycles. The third kappa shape index (κ3) is 7.20. The molecule has 4 fully saturated rings.